The minimum atomic E-state index is -0.687. The number of carbonyl (C=O) groups is 4. The smallest absolute Gasteiger partial charge is 0.340 e. The molecule has 27 heavy (non-hydrogen) atoms. The van der Waals surface area contributed by atoms with Gasteiger partial charge in [-0.2, -0.15) is 0 Å². The lowest BCUT2D eigenvalue weighted by atomic mass is 10.1. The van der Waals surface area contributed by atoms with E-state index >= 15 is 0 Å². The number of imide groups is 1. The quantitative estimate of drug-likeness (QED) is 0.584. The second kappa shape index (κ2) is 7.06. The summed E-state index contributed by atoms with van der Waals surface area (Å²) in [4.78, 5) is 50.3. The molecule has 1 aliphatic rings. The highest BCUT2D eigenvalue weighted by atomic mass is 16.5. The second-order valence-electron chi connectivity index (χ2n) is 6.02. The van der Waals surface area contributed by atoms with Gasteiger partial charge in [-0.05, 0) is 12.1 Å². The van der Waals surface area contributed by atoms with Gasteiger partial charge in [-0.25, -0.2) is 9.59 Å². The lowest BCUT2D eigenvalue weighted by molar-refractivity contribution is 0.0555. The average Bonchev–Trinajstić information content (AvgIpc) is 3.14. The first-order chi connectivity index (χ1) is 12.9. The van der Waals surface area contributed by atoms with E-state index in [1.54, 1.807) is 35.9 Å². The zero-order chi connectivity index (χ0) is 19.7. The third kappa shape index (κ3) is 2.99. The van der Waals surface area contributed by atoms with Crippen LogP contribution >= 0.6 is 0 Å². The first-order valence-electron chi connectivity index (χ1n) is 8.20. The van der Waals surface area contributed by atoms with Crippen molar-refractivity contribution in [3.8, 4) is 0 Å². The summed E-state index contributed by atoms with van der Waals surface area (Å²) >= 11 is 0. The summed E-state index contributed by atoms with van der Waals surface area (Å²) in [7, 11) is 4.09. The number of esters is 2. The Kier molecular flexibility index (Phi) is 4.81. The van der Waals surface area contributed by atoms with E-state index in [9.17, 15) is 19.2 Å². The molecule has 2 heterocycles. The topological polar surface area (TPSA) is 94.9 Å². The fourth-order valence-electron chi connectivity index (χ4n) is 3.22. The molecule has 8 heteroatoms. The fraction of sp³-hybridized carbons (Fsp3) is 0.263. The van der Waals surface area contributed by atoms with Crippen LogP contribution in [0.4, 0.5) is 0 Å². The van der Waals surface area contributed by atoms with Crippen LogP contribution in [0.3, 0.4) is 0 Å². The van der Waals surface area contributed by atoms with Crippen LogP contribution in [-0.4, -0.2) is 54.0 Å². The van der Waals surface area contributed by atoms with Crippen molar-refractivity contribution in [2.24, 2.45) is 7.05 Å². The molecule has 3 rings (SSSR count). The summed E-state index contributed by atoms with van der Waals surface area (Å²) < 4.78 is 11.1. The van der Waals surface area contributed by atoms with Crippen molar-refractivity contribution in [3.63, 3.8) is 0 Å². The van der Waals surface area contributed by atoms with Gasteiger partial charge in [0.1, 0.15) is 0 Å². The van der Waals surface area contributed by atoms with E-state index in [1.165, 1.54) is 20.4 Å². The normalized spacial score (nSPS) is 12.9. The zero-order valence-electron chi connectivity index (χ0n) is 15.1. The lowest BCUT2D eigenvalue weighted by Gasteiger charge is -2.15. The number of carbonyl (C=O) groups excluding carboxylic acids is 4. The van der Waals surface area contributed by atoms with Gasteiger partial charge in [0.2, 0.25) is 0 Å². The maximum atomic E-state index is 12.5. The summed E-state index contributed by atoms with van der Waals surface area (Å²) in [5.74, 6) is -2.11. The predicted molar refractivity (Wildman–Crippen MR) is 93.6 cm³/mol. The van der Waals surface area contributed by atoms with E-state index < -0.39 is 11.9 Å². The molecule has 8 nitrogen and oxygen atoms in total. The lowest BCUT2D eigenvalue weighted by Crippen LogP contribution is -2.32. The molecule has 1 aromatic carbocycles. The van der Waals surface area contributed by atoms with E-state index in [2.05, 4.69) is 0 Å². The molecule has 0 unspecified atom stereocenters. The van der Waals surface area contributed by atoms with Gasteiger partial charge in [0, 0.05) is 31.9 Å². The van der Waals surface area contributed by atoms with Gasteiger partial charge in [-0.3, -0.25) is 14.5 Å². The number of benzene rings is 1. The Labute approximate surface area is 155 Å². The number of methoxy groups -OCH3 is 2. The monoisotopic (exact) mass is 370 g/mol. The number of ether oxygens (including phenoxy) is 2. The van der Waals surface area contributed by atoms with E-state index in [0.29, 0.717) is 16.8 Å². The van der Waals surface area contributed by atoms with Crippen LogP contribution in [0.15, 0.2) is 30.5 Å². The van der Waals surface area contributed by atoms with Gasteiger partial charge < -0.3 is 14.0 Å². The van der Waals surface area contributed by atoms with Gasteiger partial charge in [0.15, 0.2) is 0 Å². The van der Waals surface area contributed by atoms with Crippen molar-refractivity contribution in [1.82, 2.24) is 9.47 Å². The van der Waals surface area contributed by atoms with Gasteiger partial charge >= 0.3 is 11.9 Å². The molecule has 1 aliphatic heterocycles. The Morgan fingerprint density at radius 3 is 2.04 bits per heavy atom. The summed E-state index contributed by atoms with van der Waals surface area (Å²) in [6.45, 7) is 0.0643. The molecule has 0 atom stereocenters. The fourth-order valence-corrected chi connectivity index (χ4v) is 3.22. The second-order valence-corrected chi connectivity index (χ2v) is 6.02. The molecule has 0 aliphatic carbocycles. The Hall–Kier alpha value is -3.42. The van der Waals surface area contributed by atoms with Crippen LogP contribution < -0.4 is 0 Å². The zero-order valence-corrected chi connectivity index (χ0v) is 15.1. The molecule has 0 radical (unpaired) electrons. The molecule has 0 saturated heterocycles. The van der Waals surface area contributed by atoms with Crippen molar-refractivity contribution in [1.29, 1.82) is 0 Å². The molecule has 0 saturated carbocycles. The Bertz CT molecular complexity index is 924. The van der Waals surface area contributed by atoms with E-state index in [-0.39, 0.29) is 35.9 Å². The molecule has 0 spiro atoms. The Morgan fingerprint density at radius 2 is 1.52 bits per heavy atom. The molecular formula is C19H18N2O6. The maximum Gasteiger partial charge on any atom is 0.340 e. The van der Waals surface area contributed by atoms with Crippen molar-refractivity contribution >= 4 is 23.8 Å². The highest BCUT2D eigenvalue weighted by molar-refractivity contribution is 6.21. The summed E-state index contributed by atoms with van der Waals surface area (Å²) in [6.07, 6.45) is 1.65. The van der Waals surface area contributed by atoms with Crippen LogP contribution in [-0.2, 0) is 22.9 Å². The number of hydrogen-bond acceptors (Lipinski definition) is 6. The van der Waals surface area contributed by atoms with Gasteiger partial charge in [0.05, 0.1) is 36.5 Å². The predicted octanol–water partition coefficient (Wildman–Crippen LogP) is 1.44. The van der Waals surface area contributed by atoms with Crippen molar-refractivity contribution in [2.75, 3.05) is 20.8 Å². The third-order valence-electron chi connectivity index (χ3n) is 4.55. The van der Waals surface area contributed by atoms with E-state index in [0.717, 1.165) is 4.90 Å². The van der Waals surface area contributed by atoms with Crippen LogP contribution in [0, 0.1) is 0 Å². The highest BCUT2D eigenvalue weighted by Gasteiger charge is 2.35. The number of aryl methyl sites for hydroxylation is 1. The summed E-state index contributed by atoms with van der Waals surface area (Å²) in [5.41, 5.74) is 1.34. The first kappa shape index (κ1) is 18.4. The largest absolute Gasteiger partial charge is 0.465 e. The molecule has 2 amide bonds. The number of nitrogens with zero attached hydrogens (tertiary/aromatic N) is 2. The highest BCUT2D eigenvalue weighted by Crippen LogP contribution is 2.24. The van der Waals surface area contributed by atoms with Crippen LogP contribution in [0.2, 0.25) is 0 Å². The number of rotatable bonds is 5. The minimum Gasteiger partial charge on any atom is -0.465 e. The molecule has 0 fully saturated rings. The summed E-state index contributed by atoms with van der Waals surface area (Å²) in [5, 5.41) is 0. The van der Waals surface area contributed by atoms with E-state index in [1.807, 2.05) is 0 Å². The van der Waals surface area contributed by atoms with Crippen molar-refractivity contribution in [3.05, 3.63) is 58.4 Å². The first-order valence-corrected chi connectivity index (χ1v) is 8.20. The molecular weight excluding hydrogens is 352 g/mol. The molecule has 2 aromatic rings. The van der Waals surface area contributed by atoms with E-state index in [4.69, 9.17) is 9.47 Å². The molecule has 0 bridgehead atoms. The number of amides is 2. The SMILES string of the molecule is COC(=O)c1cn(C)c(CCN2C(=O)c3ccccc3C2=O)c1C(=O)OC. The Morgan fingerprint density at radius 1 is 0.963 bits per heavy atom. The third-order valence-corrected chi connectivity index (χ3v) is 4.55. The van der Waals surface area contributed by atoms with Crippen LogP contribution in [0.25, 0.3) is 0 Å². The molecule has 140 valence electrons. The number of fused-ring (bicyclic) bond motifs is 1. The Balaban J connectivity index is 1.90. The molecule has 1 aromatic heterocycles. The number of hydrogen-bond donors (Lipinski definition) is 0. The average molecular weight is 370 g/mol. The summed E-state index contributed by atoms with van der Waals surface area (Å²) in [6, 6.07) is 6.60. The van der Waals surface area contributed by atoms with Crippen LogP contribution in [0.5, 0.6) is 0 Å². The van der Waals surface area contributed by atoms with Crippen molar-refractivity contribution in [2.45, 2.75) is 6.42 Å². The van der Waals surface area contributed by atoms with Gasteiger partial charge in [-0.15, -0.1) is 0 Å². The standard InChI is InChI=1S/C19H18N2O6/c1-20-10-13(18(24)26-2)15(19(25)27-3)14(20)8-9-21-16(22)11-6-4-5-7-12(11)17(21)23/h4-7,10H,8-9H2,1-3H3. The maximum absolute atomic E-state index is 12.5. The molecule has 0 N–H and O–H groups in total. The van der Waals surface area contributed by atoms with Gasteiger partial charge in [-0.1, -0.05) is 12.1 Å². The van der Waals surface area contributed by atoms with Gasteiger partial charge in [0.25, 0.3) is 11.8 Å². The van der Waals surface area contributed by atoms with Crippen molar-refractivity contribution < 1.29 is 28.7 Å². The minimum absolute atomic E-state index is 0.0643. The number of aromatic nitrogens is 1. The van der Waals surface area contributed by atoms with Crippen LogP contribution in [0.1, 0.15) is 47.1 Å².